The first kappa shape index (κ1) is 29.7. The predicted molar refractivity (Wildman–Crippen MR) is 147 cm³/mol. The summed E-state index contributed by atoms with van der Waals surface area (Å²) in [6.45, 7) is 1.02. The van der Waals surface area contributed by atoms with Gasteiger partial charge in [-0.15, -0.1) is 0 Å². The maximum absolute atomic E-state index is 13.8. The Labute approximate surface area is 232 Å². The van der Waals surface area contributed by atoms with Gasteiger partial charge in [0.2, 0.25) is 21.8 Å². The minimum atomic E-state index is -4.03. The number of rotatable bonds is 11. The normalized spacial score (nSPS) is 14.6. The number of halogens is 2. The highest BCUT2D eigenvalue weighted by molar-refractivity contribution is 7.92. The van der Waals surface area contributed by atoms with Gasteiger partial charge < -0.3 is 10.2 Å². The van der Waals surface area contributed by atoms with Crippen LogP contribution in [-0.2, 0) is 26.2 Å². The molecule has 0 heterocycles. The Morgan fingerprint density at radius 2 is 1.84 bits per heavy atom. The molecule has 0 spiro atoms. The number of carbonyl (C=O) groups excluding carboxylic acids is 2. The SMILES string of the molecule is CC[C@@H](C(=O)NC1CCCC1)N(Cc1ccc(Cl)cc1Cl)C(=O)CN(c1cccc([N+](=O)[O-])c1)S(C)(=O)=O. The number of benzene rings is 2. The number of non-ortho nitro benzene ring substituents is 1. The summed E-state index contributed by atoms with van der Waals surface area (Å²) in [7, 11) is -4.03. The van der Waals surface area contributed by atoms with Gasteiger partial charge in [0.25, 0.3) is 5.69 Å². The second kappa shape index (κ2) is 12.8. The Hall–Kier alpha value is -2.89. The Kier molecular flexibility index (Phi) is 9.97. The summed E-state index contributed by atoms with van der Waals surface area (Å²) >= 11 is 12.4. The van der Waals surface area contributed by atoms with Crippen LogP contribution in [0.4, 0.5) is 11.4 Å². The van der Waals surface area contributed by atoms with E-state index in [9.17, 15) is 28.1 Å². The van der Waals surface area contributed by atoms with E-state index in [-0.39, 0.29) is 36.3 Å². The second-order valence-electron chi connectivity index (χ2n) is 9.22. The molecule has 0 radical (unpaired) electrons. The average Bonchev–Trinajstić information content (AvgIpc) is 3.36. The average molecular weight is 586 g/mol. The zero-order valence-corrected chi connectivity index (χ0v) is 23.4. The van der Waals surface area contributed by atoms with E-state index < -0.39 is 33.4 Å². The van der Waals surface area contributed by atoms with Gasteiger partial charge in [-0.1, -0.05) is 55.1 Å². The van der Waals surface area contributed by atoms with Crippen LogP contribution < -0.4 is 9.62 Å². The number of hydrogen-bond acceptors (Lipinski definition) is 6. The zero-order valence-electron chi connectivity index (χ0n) is 21.1. The van der Waals surface area contributed by atoms with Crippen molar-refractivity contribution in [3.05, 3.63) is 68.2 Å². The van der Waals surface area contributed by atoms with Crippen LogP contribution in [0.2, 0.25) is 10.0 Å². The van der Waals surface area contributed by atoms with E-state index in [1.807, 2.05) is 0 Å². The van der Waals surface area contributed by atoms with Crippen molar-refractivity contribution in [1.82, 2.24) is 10.2 Å². The molecule has 1 N–H and O–H groups in total. The molecule has 1 atom stereocenters. The molecule has 2 aromatic rings. The van der Waals surface area contributed by atoms with Crippen LogP contribution in [-0.4, -0.2) is 54.9 Å². The summed E-state index contributed by atoms with van der Waals surface area (Å²) in [6, 6.07) is 8.90. The van der Waals surface area contributed by atoms with Crippen molar-refractivity contribution in [2.24, 2.45) is 0 Å². The molecule has 0 bridgehead atoms. The monoisotopic (exact) mass is 584 g/mol. The van der Waals surface area contributed by atoms with Crippen molar-refractivity contribution >= 4 is 56.4 Å². The van der Waals surface area contributed by atoms with Gasteiger partial charge in [-0.3, -0.25) is 24.0 Å². The van der Waals surface area contributed by atoms with Gasteiger partial charge in [0.05, 0.1) is 16.9 Å². The molecule has 38 heavy (non-hydrogen) atoms. The first-order chi connectivity index (χ1) is 17.9. The number of nitrogens with zero attached hydrogens (tertiary/aromatic N) is 3. The third-order valence-corrected chi connectivity index (χ3v) is 8.18. The number of nitro groups is 1. The molecule has 0 aliphatic heterocycles. The molecule has 0 aromatic heterocycles. The molecule has 1 saturated carbocycles. The Bertz CT molecular complexity index is 1300. The fourth-order valence-corrected chi connectivity index (χ4v) is 5.81. The van der Waals surface area contributed by atoms with Gasteiger partial charge in [0, 0.05) is 34.8 Å². The van der Waals surface area contributed by atoms with Crippen molar-refractivity contribution in [3.63, 3.8) is 0 Å². The van der Waals surface area contributed by atoms with Crippen LogP contribution in [0.25, 0.3) is 0 Å². The highest BCUT2D eigenvalue weighted by Gasteiger charge is 2.33. The van der Waals surface area contributed by atoms with Gasteiger partial charge in [-0.2, -0.15) is 0 Å². The van der Waals surface area contributed by atoms with E-state index in [0.717, 1.165) is 42.3 Å². The van der Waals surface area contributed by atoms with Gasteiger partial charge in [-0.05, 0) is 43.0 Å². The number of nitro benzene ring substituents is 1. The van der Waals surface area contributed by atoms with Crippen LogP contribution >= 0.6 is 23.2 Å². The molecule has 1 aliphatic rings. The number of hydrogen-bond donors (Lipinski definition) is 1. The number of anilines is 1. The maximum Gasteiger partial charge on any atom is 0.271 e. The standard InChI is InChI=1S/C25H30Cl2N4O6S/c1-3-23(25(33)28-19-7-4-5-8-19)29(15-17-11-12-18(26)13-22(17)27)24(32)16-30(38(2,36)37)20-9-6-10-21(14-20)31(34)35/h6,9-14,19,23H,3-5,7-8,15-16H2,1-2H3,(H,28,33)/t23-/m0/s1. The number of carbonyl (C=O) groups is 2. The van der Waals surface area contributed by atoms with E-state index in [1.54, 1.807) is 19.1 Å². The van der Waals surface area contributed by atoms with Crippen molar-refractivity contribution < 1.29 is 22.9 Å². The third kappa shape index (κ3) is 7.58. The van der Waals surface area contributed by atoms with Gasteiger partial charge in [0.1, 0.15) is 12.6 Å². The first-order valence-corrected chi connectivity index (χ1v) is 14.8. The predicted octanol–water partition coefficient (Wildman–Crippen LogP) is 4.53. The topological polar surface area (TPSA) is 130 Å². The number of amides is 2. The lowest BCUT2D eigenvalue weighted by Crippen LogP contribution is -2.53. The van der Waals surface area contributed by atoms with Gasteiger partial charge >= 0.3 is 0 Å². The maximum atomic E-state index is 13.8. The molecule has 206 valence electrons. The van der Waals surface area contributed by atoms with Crippen LogP contribution in [0, 0.1) is 10.1 Å². The number of sulfonamides is 1. The lowest BCUT2D eigenvalue weighted by molar-refractivity contribution is -0.384. The van der Waals surface area contributed by atoms with Crippen molar-refractivity contribution in [3.8, 4) is 0 Å². The van der Waals surface area contributed by atoms with Crippen molar-refractivity contribution in [2.45, 2.75) is 57.7 Å². The van der Waals surface area contributed by atoms with E-state index in [0.29, 0.717) is 15.6 Å². The van der Waals surface area contributed by atoms with Crippen LogP contribution in [0.5, 0.6) is 0 Å². The fourth-order valence-electron chi connectivity index (χ4n) is 4.50. The lowest BCUT2D eigenvalue weighted by Gasteiger charge is -2.33. The van der Waals surface area contributed by atoms with Gasteiger partial charge in [-0.25, -0.2) is 8.42 Å². The molecule has 3 rings (SSSR count). The fraction of sp³-hybridized carbons (Fsp3) is 0.440. The molecular formula is C25H30Cl2N4O6S. The zero-order chi connectivity index (χ0) is 28.0. The number of nitrogens with one attached hydrogen (secondary N) is 1. The highest BCUT2D eigenvalue weighted by Crippen LogP contribution is 2.27. The minimum absolute atomic E-state index is 0.0185. The summed E-state index contributed by atoms with van der Waals surface area (Å²) in [4.78, 5) is 39.0. The smallest absolute Gasteiger partial charge is 0.271 e. The molecule has 10 nitrogen and oxygen atoms in total. The Morgan fingerprint density at radius 1 is 1.16 bits per heavy atom. The van der Waals surface area contributed by atoms with Crippen LogP contribution in [0.15, 0.2) is 42.5 Å². The summed E-state index contributed by atoms with van der Waals surface area (Å²) in [5.41, 5.74) is 0.163. The summed E-state index contributed by atoms with van der Waals surface area (Å²) < 4.78 is 26.2. The molecule has 1 fully saturated rings. The van der Waals surface area contributed by atoms with Crippen LogP contribution in [0.3, 0.4) is 0 Å². The lowest BCUT2D eigenvalue weighted by atomic mass is 10.1. The Balaban J connectivity index is 1.97. The third-order valence-electron chi connectivity index (χ3n) is 6.45. The molecule has 0 saturated heterocycles. The van der Waals surface area contributed by atoms with E-state index in [1.165, 1.54) is 29.2 Å². The van der Waals surface area contributed by atoms with E-state index in [4.69, 9.17) is 23.2 Å². The van der Waals surface area contributed by atoms with Crippen molar-refractivity contribution in [1.29, 1.82) is 0 Å². The molecule has 2 aromatic carbocycles. The largest absolute Gasteiger partial charge is 0.352 e. The summed E-state index contributed by atoms with van der Waals surface area (Å²) in [5.74, 6) is -1.000. The second-order valence-corrected chi connectivity index (χ2v) is 12.0. The molecule has 1 aliphatic carbocycles. The first-order valence-electron chi connectivity index (χ1n) is 12.2. The van der Waals surface area contributed by atoms with E-state index in [2.05, 4.69) is 5.32 Å². The van der Waals surface area contributed by atoms with Crippen LogP contribution in [0.1, 0.15) is 44.6 Å². The highest BCUT2D eigenvalue weighted by atomic mass is 35.5. The van der Waals surface area contributed by atoms with Crippen molar-refractivity contribution in [2.75, 3.05) is 17.1 Å². The quantitative estimate of drug-likeness (QED) is 0.305. The summed E-state index contributed by atoms with van der Waals surface area (Å²) in [6.07, 6.45) is 4.91. The van der Waals surface area contributed by atoms with E-state index >= 15 is 0 Å². The summed E-state index contributed by atoms with van der Waals surface area (Å²) in [5, 5.41) is 15.0. The molecular weight excluding hydrogens is 555 g/mol. The molecule has 13 heteroatoms. The molecule has 2 amide bonds. The minimum Gasteiger partial charge on any atom is -0.352 e. The Morgan fingerprint density at radius 3 is 2.42 bits per heavy atom. The molecule has 0 unspecified atom stereocenters. The van der Waals surface area contributed by atoms with Gasteiger partial charge in [0.15, 0.2) is 0 Å².